The Labute approximate surface area is 91.0 Å². The zero-order chi connectivity index (χ0) is 11.3. The molecule has 0 aliphatic carbocycles. The van der Waals surface area contributed by atoms with Crippen LogP contribution in [0.25, 0.3) is 0 Å². The Balaban J connectivity index is 2.27. The molecule has 0 aromatic carbocycles. The lowest BCUT2D eigenvalue weighted by Crippen LogP contribution is -2.35. The smallest absolute Gasteiger partial charge is 0.124 e. The van der Waals surface area contributed by atoms with E-state index in [2.05, 4.69) is 31.2 Å². The standard InChI is InChI=1S/C11H20N2O2/c1-9(7-11(2,3)14-4)12-8-10-5-6-15-13-10/h5-6,9,12H,7-8H2,1-4H3. The molecule has 1 aromatic heterocycles. The maximum Gasteiger partial charge on any atom is 0.124 e. The van der Waals surface area contributed by atoms with Gasteiger partial charge in [-0.2, -0.15) is 0 Å². The largest absolute Gasteiger partial charge is 0.379 e. The second-order valence-corrected chi connectivity index (χ2v) is 4.44. The van der Waals surface area contributed by atoms with Gasteiger partial charge in [0.25, 0.3) is 0 Å². The molecule has 0 saturated carbocycles. The SMILES string of the molecule is COC(C)(C)CC(C)NCc1ccon1. The van der Waals surface area contributed by atoms with Crippen LogP contribution in [0.2, 0.25) is 0 Å². The molecule has 1 atom stereocenters. The van der Waals surface area contributed by atoms with Crippen LogP contribution in [0.1, 0.15) is 32.9 Å². The van der Waals surface area contributed by atoms with Gasteiger partial charge in [-0.1, -0.05) is 5.16 Å². The molecule has 0 spiro atoms. The molecule has 0 saturated heterocycles. The summed E-state index contributed by atoms with van der Waals surface area (Å²) < 4.78 is 10.1. The van der Waals surface area contributed by atoms with Gasteiger partial charge in [0, 0.05) is 25.8 Å². The monoisotopic (exact) mass is 212 g/mol. The molecule has 1 N–H and O–H groups in total. The number of methoxy groups -OCH3 is 1. The van der Waals surface area contributed by atoms with Crippen molar-refractivity contribution in [3.63, 3.8) is 0 Å². The predicted molar refractivity (Wildman–Crippen MR) is 58.5 cm³/mol. The highest BCUT2D eigenvalue weighted by Crippen LogP contribution is 2.15. The van der Waals surface area contributed by atoms with Gasteiger partial charge in [0.15, 0.2) is 0 Å². The van der Waals surface area contributed by atoms with E-state index in [-0.39, 0.29) is 5.60 Å². The average Bonchev–Trinajstić information content (AvgIpc) is 2.66. The topological polar surface area (TPSA) is 47.3 Å². The van der Waals surface area contributed by atoms with Crippen LogP contribution in [0.5, 0.6) is 0 Å². The maximum atomic E-state index is 5.37. The molecule has 1 aromatic rings. The molecular formula is C11H20N2O2. The molecule has 4 heteroatoms. The molecule has 0 aliphatic heterocycles. The third-order valence-electron chi connectivity index (χ3n) is 2.47. The minimum absolute atomic E-state index is 0.0871. The summed E-state index contributed by atoms with van der Waals surface area (Å²) >= 11 is 0. The molecule has 1 unspecified atom stereocenters. The first-order valence-electron chi connectivity index (χ1n) is 5.21. The summed E-state index contributed by atoms with van der Waals surface area (Å²) in [5, 5.41) is 7.21. The fraction of sp³-hybridized carbons (Fsp3) is 0.727. The summed E-state index contributed by atoms with van der Waals surface area (Å²) in [5.41, 5.74) is 0.841. The summed E-state index contributed by atoms with van der Waals surface area (Å²) in [5.74, 6) is 0. The van der Waals surface area contributed by atoms with Crippen LogP contribution in [0.15, 0.2) is 16.9 Å². The number of hydrogen-bond acceptors (Lipinski definition) is 4. The number of aromatic nitrogens is 1. The average molecular weight is 212 g/mol. The number of ether oxygens (including phenoxy) is 1. The lowest BCUT2D eigenvalue weighted by molar-refractivity contribution is 0.00841. The molecule has 0 fully saturated rings. The first-order valence-corrected chi connectivity index (χ1v) is 5.21. The van der Waals surface area contributed by atoms with Crippen molar-refractivity contribution in [3.05, 3.63) is 18.0 Å². The van der Waals surface area contributed by atoms with Gasteiger partial charge in [-0.15, -0.1) is 0 Å². The summed E-state index contributed by atoms with van der Waals surface area (Å²) in [7, 11) is 1.74. The molecule has 0 amide bonds. The van der Waals surface area contributed by atoms with Crippen molar-refractivity contribution in [1.29, 1.82) is 0 Å². The van der Waals surface area contributed by atoms with Crippen molar-refractivity contribution >= 4 is 0 Å². The highest BCUT2D eigenvalue weighted by molar-refractivity contribution is 4.94. The van der Waals surface area contributed by atoms with Gasteiger partial charge in [-0.05, 0) is 27.2 Å². The van der Waals surface area contributed by atoms with Crippen molar-refractivity contribution in [3.8, 4) is 0 Å². The van der Waals surface area contributed by atoms with Crippen molar-refractivity contribution in [2.24, 2.45) is 0 Å². The Hall–Kier alpha value is -0.870. The highest BCUT2D eigenvalue weighted by atomic mass is 16.5. The first kappa shape index (κ1) is 12.2. The van der Waals surface area contributed by atoms with E-state index in [1.54, 1.807) is 13.4 Å². The lowest BCUT2D eigenvalue weighted by Gasteiger charge is -2.26. The predicted octanol–water partition coefficient (Wildman–Crippen LogP) is 1.97. The van der Waals surface area contributed by atoms with Gasteiger partial charge in [0.05, 0.1) is 11.3 Å². The van der Waals surface area contributed by atoms with Crippen molar-refractivity contribution < 1.29 is 9.26 Å². The van der Waals surface area contributed by atoms with Crippen molar-refractivity contribution in [1.82, 2.24) is 10.5 Å². The van der Waals surface area contributed by atoms with E-state index in [9.17, 15) is 0 Å². The zero-order valence-electron chi connectivity index (χ0n) is 9.91. The molecular weight excluding hydrogens is 192 g/mol. The van der Waals surface area contributed by atoms with Gasteiger partial charge in [0.2, 0.25) is 0 Å². The Bertz CT molecular complexity index is 270. The highest BCUT2D eigenvalue weighted by Gasteiger charge is 2.19. The minimum atomic E-state index is -0.0871. The van der Waals surface area contributed by atoms with Crippen LogP contribution >= 0.6 is 0 Å². The molecule has 1 heterocycles. The van der Waals surface area contributed by atoms with Gasteiger partial charge in [-0.25, -0.2) is 0 Å². The van der Waals surface area contributed by atoms with E-state index in [0.29, 0.717) is 6.04 Å². The van der Waals surface area contributed by atoms with Crippen LogP contribution in [-0.4, -0.2) is 23.9 Å². The van der Waals surface area contributed by atoms with Crippen molar-refractivity contribution in [2.75, 3.05) is 7.11 Å². The summed E-state index contributed by atoms with van der Waals surface area (Å²) in [6.45, 7) is 7.04. The van der Waals surface area contributed by atoms with Crippen LogP contribution in [-0.2, 0) is 11.3 Å². The maximum absolute atomic E-state index is 5.37. The third-order valence-corrected chi connectivity index (χ3v) is 2.47. The summed E-state index contributed by atoms with van der Waals surface area (Å²) in [6, 6.07) is 2.25. The van der Waals surface area contributed by atoms with Gasteiger partial charge >= 0.3 is 0 Å². The van der Waals surface area contributed by atoms with Gasteiger partial charge in [0.1, 0.15) is 6.26 Å². The second kappa shape index (κ2) is 5.28. The molecule has 4 nitrogen and oxygen atoms in total. The Kier molecular flexibility index (Phi) is 4.29. The Morgan fingerprint density at radius 2 is 2.33 bits per heavy atom. The van der Waals surface area contributed by atoms with E-state index in [4.69, 9.17) is 9.26 Å². The summed E-state index contributed by atoms with van der Waals surface area (Å²) in [4.78, 5) is 0. The number of hydrogen-bond donors (Lipinski definition) is 1. The number of nitrogens with zero attached hydrogens (tertiary/aromatic N) is 1. The van der Waals surface area contributed by atoms with Gasteiger partial charge < -0.3 is 14.6 Å². The molecule has 0 bridgehead atoms. The Morgan fingerprint density at radius 1 is 1.60 bits per heavy atom. The molecule has 0 aliphatic rings. The second-order valence-electron chi connectivity index (χ2n) is 4.44. The van der Waals surface area contributed by atoms with E-state index < -0.39 is 0 Å². The molecule has 15 heavy (non-hydrogen) atoms. The van der Waals surface area contributed by atoms with Crippen LogP contribution < -0.4 is 5.32 Å². The van der Waals surface area contributed by atoms with E-state index >= 15 is 0 Å². The minimum Gasteiger partial charge on any atom is -0.379 e. The molecule has 86 valence electrons. The third kappa shape index (κ3) is 4.44. The number of rotatable bonds is 6. The van der Waals surface area contributed by atoms with Crippen LogP contribution in [0.4, 0.5) is 0 Å². The lowest BCUT2D eigenvalue weighted by atomic mass is 10.00. The fourth-order valence-corrected chi connectivity index (χ4v) is 1.50. The van der Waals surface area contributed by atoms with E-state index in [0.717, 1.165) is 18.7 Å². The molecule has 1 rings (SSSR count). The van der Waals surface area contributed by atoms with Crippen molar-refractivity contribution in [2.45, 2.75) is 45.4 Å². The van der Waals surface area contributed by atoms with Crippen LogP contribution in [0, 0.1) is 0 Å². The number of nitrogens with one attached hydrogen (secondary N) is 1. The summed E-state index contributed by atoms with van der Waals surface area (Å²) in [6.07, 6.45) is 2.54. The zero-order valence-corrected chi connectivity index (χ0v) is 9.91. The van der Waals surface area contributed by atoms with E-state index in [1.165, 1.54) is 0 Å². The van der Waals surface area contributed by atoms with Gasteiger partial charge in [-0.3, -0.25) is 0 Å². The van der Waals surface area contributed by atoms with E-state index in [1.807, 2.05) is 6.07 Å². The normalized spacial score (nSPS) is 14.1. The quantitative estimate of drug-likeness (QED) is 0.783. The first-order chi connectivity index (χ1) is 7.03. The molecule has 0 radical (unpaired) electrons. The van der Waals surface area contributed by atoms with Crippen LogP contribution in [0.3, 0.4) is 0 Å². The fourth-order valence-electron chi connectivity index (χ4n) is 1.50. The Morgan fingerprint density at radius 3 is 2.87 bits per heavy atom.